The van der Waals surface area contributed by atoms with Crippen LogP contribution in [0.2, 0.25) is 0 Å². The van der Waals surface area contributed by atoms with Gasteiger partial charge < -0.3 is 15.5 Å². The Labute approximate surface area is 102 Å². The highest BCUT2D eigenvalue weighted by atomic mass is 16.2. The third-order valence-corrected chi connectivity index (χ3v) is 3.14. The third-order valence-electron chi connectivity index (χ3n) is 3.14. The molecule has 17 heavy (non-hydrogen) atoms. The van der Waals surface area contributed by atoms with E-state index in [4.69, 9.17) is 0 Å². The summed E-state index contributed by atoms with van der Waals surface area (Å²) in [6.45, 7) is 3.90. The molecule has 1 heterocycles. The number of anilines is 1. The van der Waals surface area contributed by atoms with Gasteiger partial charge in [-0.05, 0) is 39.1 Å². The molecular formula is C13H19N3O. The summed E-state index contributed by atoms with van der Waals surface area (Å²) in [6.07, 6.45) is 1.000. The summed E-state index contributed by atoms with van der Waals surface area (Å²) in [4.78, 5) is 14.2. The number of fused-ring (bicyclic) bond motifs is 1. The zero-order valence-corrected chi connectivity index (χ0v) is 10.4. The fraction of sp³-hybridized carbons (Fsp3) is 0.462. The molecule has 1 aromatic rings. The molecule has 1 aliphatic rings. The van der Waals surface area contributed by atoms with Gasteiger partial charge >= 0.3 is 0 Å². The molecule has 0 spiro atoms. The Kier molecular flexibility index (Phi) is 3.64. The average Bonchev–Trinajstić information content (AvgIpc) is 2.36. The van der Waals surface area contributed by atoms with Crippen LogP contribution in [0.1, 0.15) is 23.7 Å². The Balaban J connectivity index is 2.28. The molecule has 1 atom stereocenters. The van der Waals surface area contributed by atoms with Crippen molar-refractivity contribution in [2.45, 2.75) is 19.5 Å². The van der Waals surface area contributed by atoms with Gasteiger partial charge in [-0.15, -0.1) is 0 Å². The van der Waals surface area contributed by atoms with Crippen molar-refractivity contribution in [3.05, 3.63) is 29.8 Å². The third kappa shape index (κ3) is 2.26. The van der Waals surface area contributed by atoms with Crippen LogP contribution in [0.4, 0.5) is 5.69 Å². The molecule has 0 aromatic heterocycles. The summed E-state index contributed by atoms with van der Waals surface area (Å²) >= 11 is 0. The number of nitrogens with one attached hydrogen (secondary N) is 2. The summed E-state index contributed by atoms with van der Waals surface area (Å²) < 4.78 is 0. The minimum atomic E-state index is 0.0337. The SMILES string of the molecule is CCN1c2ccccc2C(=O)N[C@H]1CCNC. The number of benzene rings is 1. The van der Waals surface area contributed by atoms with Crippen molar-refractivity contribution >= 4 is 11.6 Å². The van der Waals surface area contributed by atoms with Gasteiger partial charge in [-0.1, -0.05) is 12.1 Å². The van der Waals surface area contributed by atoms with Crippen molar-refractivity contribution < 1.29 is 4.79 Å². The highest BCUT2D eigenvalue weighted by molar-refractivity contribution is 6.01. The molecule has 0 saturated heterocycles. The summed E-state index contributed by atoms with van der Waals surface area (Å²) in [5, 5.41) is 6.18. The van der Waals surface area contributed by atoms with Crippen LogP contribution in [0.15, 0.2) is 24.3 Å². The minimum absolute atomic E-state index is 0.0337. The maximum absolute atomic E-state index is 12.0. The lowest BCUT2D eigenvalue weighted by Gasteiger charge is -2.38. The van der Waals surface area contributed by atoms with Gasteiger partial charge in [0.1, 0.15) is 6.17 Å². The fourth-order valence-corrected chi connectivity index (χ4v) is 2.29. The van der Waals surface area contributed by atoms with E-state index in [1.54, 1.807) is 0 Å². The smallest absolute Gasteiger partial charge is 0.254 e. The Bertz CT molecular complexity index is 405. The molecule has 1 aliphatic heterocycles. The molecule has 1 amide bonds. The lowest BCUT2D eigenvalue weighted by molar-refractivity contribution is 0.0925. The van der Waals surface area contributed by atoms with E-state index in [9.17, 15) is 4.79 Å². The Morgan fingerprint density at radius 3 is 2.88 bits per heavy atom. The number of amides is 1. The quantitative estimate of drug-likeness (QED) is 0.821. The van der Waals surface area contributed by atoms with Crippen LogP contribution in [0.5, 0.6) is 0 Å². The van der Waals surface area contributed by atoms with Crippen molar-refractivity contribution in [3.63, 3.8) is 0 Å². The summed E-state index contributed by atoms with van der Waals surface area (Å²) in [6, 6.07) is 7.78. The second-order valence-electron chi connectivity index (χ2n) is 4.18. The van der Waals surface area contributed by atoms with Gasteiger partial charge in [-0.3, -0.25) is 4.79 Å². The van der Waals surface area contributed by atoms with E-state index >= 15 is 0 Å². The van der Waals surface area contributed by atoms with Gasteiger partial charge in [0.2, 0.25) is 0 Å². The Morgan fingerprint density at radius 2 is 2.18 bits per heavy atom. The first-order valence-electron chi connectivity index (χ1n) is 6.09. The van der Waals surface area contributed by atoms with Gasteiger partial charge in [0.05, 0.1) is 11.3 Å². The number of carbonyl (C=O) groups excluding carboxylic acids is 1. The maximum Gasteiger partial charge on any atom is 0.254 e. The first-order chi connectivity index (χ1) is 8.27. The molecule has 0 radical (unpaired) electrons. The van der Waals surface area contributed by atoms with Crippen LogP contribution in [0.25, 0.3) is 0 Å². The summed E-state index contributed by atoms with van der Waals surface area (Å²) in [5.41, 5.74) is 1.81. The van der Waals surface area contributed by atoms with Crippen LogP contribution in [0, 0.1) is 0 Å². The number of rotatable bonds is 4. The van der Waals surface area contributed by atoms with Gasteiger partial charge in [-0.25, -0.2) is 0 Å². The maximum atomic E-state index is 12.0. The van der Waals surface area contributed by atoms with E-state index in [-0.39, 0.29) is 12.1 Å². The van der Waals surface area contributed by atoms with E-state index in [1.165, 1.54) is 0 Å². The predicted octanol–water partition coefficient (Wildman–Crippen LogP) is 1.19. The number of hydrogen-bond donors (Lipinski definition) is 2. The molecule has 4 nitrogen and oxygen atoms in total. The summed E-state index contributed by atoms with van der Waals surface area (Å²) in [7, 11) is 1.93. The van der Waals surface area contributed by atoms with E-state index in [0.717, 1.165) is 30.8 Å². The zero-order valence-electron chi connectivity index (χ0n) is 10.4. The topological polar surface area (TPSA) is 44.4 Å². The van der Waals surface area contributed by atoms with Gasteiger partial charge in [-0.2, -0.15) is 0 Å². The fourth-order valence-electron chi connectivity index (χ4n) is 2.29. The van der Waals surface area contributed by atoms with Crippen molar-refractivity contribution in [2.75, 3.05) is 25.0 Å². The molecule has 0 unspecified atom stereocenters. The van der Waals surface area contributed by atoms with Crippen LogP contribution >= 0.6 is 0 Å². The molecule has 92 valence electrons. The Hall–Kier alpha value is -1.55. The molecule has 2 N–H and O–H groups in total. The van der Waals surface area contributed by atoms with Crippen LogP contribution in [0.3, 0.4) is 0 Å². The molecule has 1 aromatic carbocycles. The normalized spacial score (nSPS) is 18.8. The van der Waals surface area contributed by atoms with Gasteiger partial charge in [0.25, 0.3) is 5.91 Å². The number of hydrogen-bond acceptors (Lipinski definition) is 3. The standard InChI is InChI=1S/C13H19N3O/c1-3-16-11-7-5-4-6-10(11)13(17)15-12(16)8-9-14-2/h4-7,12,14H,3,8-9H2,1-2H3,(H,15,17)/t12-/m1/s1. The zero-order chi connectivity index (χ0) is 12.3. The van der Waals surface area contributed by atoms with Gasteiger partial charge in [0, 0.05) is 6.54 Å². The van der Waals surface area contributed by atoms with Crippen LogP contribution in [-0.2, 0) is 0 Å². The highest BCUT2D eigenvalue weighted by Crippen LogP contribution is 2.26. The monoisotopic (exact) mass is 233 g/mol. The first kappa shape index (κ1) is 11.9. The van der Waals surface area contributed by atoms with Gasteiger partial charge in [0.15, 0.2) is 0 Å². The van der Waals surface area contributed by atoms with Crippen molar-refractivity contribution in [3.8, 4) is 0 Å². The lowest BCUT2D eigenvalue weighted by Crippen LogP contribution is -2.53. The van der Waals surface area contributed by atoms with E-state index in [2.05, 4.69) is 22.5 Å². The predicted molar refractivity (Wildman–Crippen MR) is 69.3 cm³/mol. The van der Waals surface area contributed by atoms with E-state index in [0.29, 0.717) is 0 Å². The molecule has 0 fully saturated rings. The van der Waals surface area contributed by atoms with E-state index < -0.39 is 0 Å². The molecular weight excluding hydrogens is 214 g/mol. The highest BCUT2D eigenvalue weighted by Gasteiger charge is 2.28. The first-order valence-corrected chi connectivity index (χ1v) is 6.09. The second kappa shape index (κ2) is 5.19. The molecule has 4 heteroatoms. The second-order valence-corrected chi connectivity index (χ2v) is 4.18. The molecule has 0 saturated carbocycles. The number of nitrogens with zero attached hydrogens (tertiary/aromatic N) is 1. The lowest BCUT2D eigenvalue weighted by atomic mass is 10.1. The average molecular weight is 233 g/mol. The van der Waals surface area contributed by atoms with Crippen molar-refractivity contribution in [2.24, 2.45) is 0 Å². The largest absolute Gasteiger partial charge is 0.351 e. The number of para-hydroxylation sites is 1. The summed E-state index contributed by atoms with van der Waals surface area (Å²) in [5.74, 6) is 0.0337. The van der Waals surface area contributed by atoms with Crippen LogP contribution in [-0.4, -0.2) is 32.2 Å². The van der Waals surface area contributed by atoms with Crippen molar-refractivity contribution in [1.29, 1.82) is 0 Å². The molecule has 2 rings (SSSR count). The molecule has 0 bridgehead atoms. The van der Waals surface area contributed by atoms with E-state index in [1.807, 2.05) is 31.3 Å². The minimum Gasteiger partial charge on any atom is -0.351 e. The molecule has 0 aliphatic carbocycles. The number of carbonyl (C=O) groups is 1. The van der Waals surface area contributed by atoms with Crippen molar-refractivity contribution in [1.82, 2.24) is 10.6 Å². The Morgan fingerprint density at radius 1 is 1.41 bits per heavy atom. The van der Waals surface area contributed by atoms with Crippen LogP contribution < -0.4 is 15.5 Å².